The van der Waals surface area contributed by atoms with Crippen LogP contribution in [-0.2, 0) is 41.2 Å². The monoisotopic (exact) mass is 424 g/mol. The zero-order valence-electron chi connectivity index (χ0n) is 17.8. The first-order chi connectivity index (χ1) is 14.8. The highest BCUT2D eigenvalue weighted by atomic mass is 19.1. The van der Waals surface area contributed by atoms with Crippen molar-refractivity contribution in [1.29, 1.82) is 0 Å². The minimum atomic E-state index is -1.84. The van der Waals surface area contributed by atoms with Gasteiger partial charge in [-0.25, -0.2) is 9.18 Å². The van der Waals surface area contributed by atoms with Gasteiger partial charge < -0.3 is 14.4 Å². The lowest BCUT2D eigenvalue weighted by atomic mass is 9.86. The molecule has 1 aliphatic carbocycles. The number of rotatable bonds is 1. The summed E-state index contributed by atoms with van der Waals surface area (Å²) in [6.45, 7) is 3.99. The largest absolute Gasteiger partial charge is 0.458 e. The Labute approximate surface area is 178 Å². The molecule has 3 aliphatic rings. The molecule has 0 unspecified atom stereocenters. The molecule has 0 radical (unpaired) electrons. The van der Waals surface area contributed by atoms with Crippen LogP contribution in [0.25, 0.3) is 5.57 Å². The summed E-state index contributed by atoms with van der Waals surface area (Å²) in [6, 6.07) is 3.20. The third-order valence-corrected chi connectivity index (χ3v) is 7.07. The van der Waals surface area contributed by atoms with Gasteiger partial charge in [-0.1, -0.05) is 12.5 Å². The van der Waals surface area contributed by atoms with Crippen molar-refractivity contribution in [3.63, 3.8) is 0 Å². The van der Waals surface area contributed by atoms with E-state index in [9.17, 15) is 19.1 Å². The molecule has 31 heavy (non-hydrogen) atoms. The minimum Gasteiger partial charge on any atom is -0.458 e. The van der Waals surface area contributed by atoms with E-state index in [2.05, 4.69) is 0 Å². The maximum atomic E-state index is 14.6. The van der Waals surface area contributed by atoms with E-state index in [1.807, 2.05) is 6.92 Å². The van der Waals surface area contributed by atoms with Crippen molar-refractivity contribution in [3.05, 3.63) is 66.8 Å². The van der Waals surface area contributed by atoms with Gasteiger partial charge in [0, 0.05) is 23.0 Å². The Morgan fingerprint density at radius 2 is 2.03 bits per heavy atom. The van der Waals surface area contributed by atoms with Crippen LogP contribution in [0.4, 0.5) is 4.39 Å². The number of ether oxygens (including phenoxy) is 1. The number of carbonyl (C=O) groups is 1. The Bertz CT molecular complexity index is 1310. The first kappa shape index (κ1) is 20.1. The normalized spacial score (nSPS) is 23.3. The van der Waals surface area contributed by atoms with Crippen LogP contribution in [0.5, 0.6) is 0 Å². The van der Waals surface area contributed by atoms with Gasteiger partial charge in [0.1, 0.15) is 12.4 Å². The lowest BCUT2D eigenvalue weighted by Crippen LogP contribution is -2.45. The van der Waals surface area contributed by atoms with Gasteiger partial charge in [0.15, 0.2) is 5.60 Å². The first-order valence-corrected chi connectivity index (χ1v) is 10.9. The van der Waals surface area contributed by atoms with Crippen molar-refractivity contribution in [2.45, 2.75) is 71.2 Å². The fourth-order valence-corrected chi connectivity index (χ4v) is 5.21. The number of halogens is 1. The van der Waals surface area contributed by atoms with Crippen LogP contribution >= 0.6 is 0 Å². The number of pyridine rings is 1. The number of esters is 1. The van der Waals surface area contributed by atoms with E-state index in [1.165, 1.54) is 11.6 Å². The first-order valence-electron chi connectivity index (χ1n) is 10.9. The number of fused-ring (bicyclic) bond motifs is 2. The molecule has 162 valence electrons. The second-order valence-corrected chi connectivity index (χ2v) is 8.65. The molecule has 1 aromatic carbocycles. The molecular formula is C24H25FN2O4. The van der Waals surface area contributed by atoms with Gasteiger partial charge in [0.25, 0.3) is 5.56 Å². The summed E-state index contributed by atoms with van der Waals surface area (Å²) < 4.78 is 21.4. The number of aliphatic hydroxyl groups is 1. The Morgan fingerprint density at radius 3 is 2.81 bits per heavy atom. The molecule has 2 aromatic rings. The number of carbonyl (C=O) groups excluding carboxylic acids is 1. The standard InChI is InChI=1S/C24H25FN2O4/c1-3-24(30)18-9-15-11-26-20-10-19(25)13(2)16-6-4-5-14(21(16)20)7-8-27(15)22(28)17(18)12-31-23(24)29/h9-10,30H,3-8,11-12H2,1-2H3/b26-20-/t24-/m0/s1. The van der Waals surface area contributed by atoms with Crippen molar-refractivity contribution in [2.24, 2.45) is 4.99 Å². The molecule has 0 saturated heterocycles. The van der Waals surface area contributed by atoms with Crippen LogP contribution in [0, 0.1) is 12.7 Å². The van der Waals surface area contributed by atoms with E-state index < -0.39 is 11.6 Å². The molecule has 0 amide bonds. The third kappa shape index (κ3) is 2.90. The van der Waals surface area contributed by atoms with Gasteiger partial charge in [-0.15, -0.1) is 0 Å². The van der Waals surface area contributed by atoms with Gasteiger partial charge >= 0.3 is 5.97 Å². The SMILES string of the molecule is CC[C@@]1(O)C(=O)OCc2c1cc1n(c2=O)CCC2=c3c(c(C)c(F)c/c3=N/C1)CCC2. The smallest absolute Gasteiger partial charge is 0.343 e. The van der Waals surface area contributed by atoms with Gasteiger partial charge in [0.2, 0.25) is 0 Å². The summed E-state index contributed by atoms with van der Waals surface area (Å²) >= 11 is 0. The average molecular weight is 424 g/mol. The molecular weight excluding hydrogens is 399 g/mol. The molecule has 1 atom stereocenters. The van der Waals surface area contributed by atoms with Gasteiger partial charge in [-0.05, 0) is 62.3 Å². The molecule has 0 saturated carbocycles. The molecule has 0 fully saturated rings. The molecule has 3 heterocycles. The molecule has 0 bridgehead atoms. The fraction of sp³-hybridized carbons (Fsp3) is 0.458. The number of benzene rings is 1. The predicted molar refractivity (Wildman–Crippen MR) is 111 cm³/mol. The van der Waals surface area contributed by atoms with Crippen LogP contribution in [0.2, 0.25) is 0 Å². The number of aromatic nitrogens is 1. The quantitative estimate of drug-likeness (QED) is 0.706. The number of hydrogen-bond acceptors (Lipinski definition) is 5. The molecule has 1 N–H and O–H groups in total. The van der Waals surface area contributed by atoms with Gasteiger partial charge in [-0.2, -0.15) is 0 Å². The zero-order chi connectivity index (χ0) is 21.9. The molecule has 1 aromatic heterocycles. The maximum Gasteiger partial charge on any atom is 0.343 e. The van der Waals surface area contributed by atoms with Crippen molar-refractivity contribution >= 4 is 11.5 Å². The van der Waals surface area contributed by atoms with Crippen LogP contribution in [0.3, 0.4) is 0 Å². The van der Waals surface area contributed by atoms with E-state index in [4.69, 9.17) is 9.73 Å². The molecule has 2 aliphatic heterocycles. The maximum absolute atomic E-state index is 14.6. The molecule has 6 nitrogen and oxygen atoms in total. The summed E-state index contributed by atoms with van der Waals surface area (Å²) in [4.78, 5) is 30.3. The highest BCUT2D eigenvalue weighted by molar-refractivity contribution is 5.83. The van der Waals surface area contributed by atoms with Gasteiger partial charge in [0.05, 0.1) is 17.5 Å². The summed E-state index contributed by atoms with van der Waals surface area (Å²) in [7, 11) is 0. The van der Waals surface area contributed by atoms with Crippen LogP contribution < -0.4 is 16.1 Å². The summed E-state index contributed by atoms with van der Waals surface area (Å²) in [5, 5.41) is 12.6. The van der Waals surface area contributed by atoms with Crippen molar-refractivity contribution in [1.82, 2.24) is 4.57 Å². The number of hydrogen-bond donors (Lipinski definition) is 1. The average Bonchev–Trinajstić information content (AvgIpc) is 2.84. The lowest BCUT2D eigenvalue weighted by Gasteiger charge is -2.32. The minimum absolute atomic E-state index is 0.105. The fourth-order valence-electron chi connectivity index (χ4n) is 5.21. The topological polar surface area (TPSA) is 80.9 Å². The summed E-state index contributed by atoms with van der Waals surface area (Å²) in [5.41, 5.74) is 2.05. The van der Waals surface area contributed by atoms with Crippen LogP contribution in [0.1, 0.15) is 60.6 Å². The van der Waals surface area contributed by atoms with E-state index in [1.54, 1.807) is 17.6 Å². The molecule has 0 spiro atoms. The summed E-state index contributed by atoms with van der Waals surface area (Å²) in [6.07, 6.45) is 3.47. The number of cyclic esters (lactones) is 1. The Hall–Kier alpha value is -2.80. The molecule has 7 heteroatoms. The highest BCUT2D eigenvalue weighted by Gasteiger charge is 2.44. The van der Waals surface area contributed by atoms with Gasteiger partial charge in [-0.3, -0.25) is 9.79 Å². The Balaban J connectivity index is 1.75. The van der Waals surface area contributed by atoms with E-state index in [-0.39, 0.29) is 30.9 Å². The lowest BCUT2D eigenvalue weighted by molar-refractivity contribution is -0.172. The van der Waals surface area contributed by atoms with E-state index in [0.717, 1.165) is 30.0 Å². The van der Waals surface area contributed by atoms with Crippen molar-refractivity contribution < 1.29 is 19.0 Å². The molecule has 5 rings (SSSR count). The van der Waals surface area contributed by atoms with E-state index >= 15 is 0 Å². The Kier molecular flexibility index (Phi) is 4.62. The predicted octanol–water partition coefficient (Wildman–Crippen LogP) is 1.66. The van der Waals surface area contributed by atoms with Crippen LogP contribution in [0.15, 0.2) is 21.9 Å². The third-order valence-electron chi connectivity index (χ3n) is 7.07. The summed E-state index contributed by atoms with van der Waals surface area (Å²) in [5.74, 6) is -0.996. The van der Waals surface area contributed by atoms with E-state index in [0.29, 0.717) is 40.7 Å². The number of nitrogens with zero attached hydrogens (tertiary/aromatic N) is 2. The second-order valence-electron chi connectivity index (χ2n) is 8.65. The zero-order valence-corrected chi connectivity index (χ0v) is 17.8. The highest BCUT2D eigenvalue weighted by Crippen LogP contribution is 2.33. The Morgan fingerprint density at radius 1 is 1.23 bits per heavy atom. The van der Waals surface area contributed by atoms with Crippen molar-refractivity contribution in [2.75, 3.05) is 0 Å². The van der Waals surface area contributed by atoms with Crippen molar-refractivity contribution in [3.8, 4) is 0 Å². The second kappa shape index (κ2) is 7.12. The van der Waals surface area contributed by atoms with Crippen LogP contribution in [-0.4, -0.2) is 15.6 Å².